The van der Waals surface area contributed by atoms with Gasteiger partial charge in [0.1, 0.15) is 0 Å². The molecular formula is C19H28N4O2S. The van der Waals surface area contributed by atoms with Crippen LogP contribution in [0.1, 0.15) is 41.7 Å². The number of aryl methyl sites for hydroxylation is 1. The van der Waals surface area contributed by atoms with Crippen LogP contribution in [0.5, 0.6) is 0 Å². The first-order valence-electron chi connectivity index (χ1n) is 9.59. The van der Waals surface area contributed by atoms with Gasteiger partial charge >= 0.3 is 0 Å². The van der Waals surface area contributed by atoms with Gasteiger partial charge in [-0.2, -0.15) is 5.10 Å². The minimum atomic E-state index is 0.394. The highest BCUT2D eigenvalue weighted by atomic mass is 32.1. The number of hydrogen-bond donors (Lipinski definition) is 0. The van der Waals surface area contributed by atoms with Gasteiger partial charge in [-0.15, -0.1) is 11.3 Å². The zero-order valence-corrected chi connectivity index (χ0v) is 16.3. The number of nitrogens with zero attached hydrogens (tertiary/aromatic N) is 4. The van der Waals surface area contributed by atoms with E-state index in [1.165, 1.54) is 25.1 Å². The van der Waals surface area contributed by atoms with Crippen molar-refractivity contribution >= 4 is 11.3 Å². The summed E-state index contributed by atoms with van der Waals surface area (Å²) < 4.78 is 13.6. The van der Waals surface area contributed by atoms with E-state index < -0.39 is 0 Å². The van der Waals surface area contributed by atoms with Crippen molar-refractivity contribution in [2.75, 3.05) is 32.9 Å². The van der Waals surface area contributed by atoms with Gasteiger partial charge in [0.05, 0.1) is 29.0 Å². The first kappa shape index (κ1) is 18.1. The summed E-state index contributed by atoms with van der Waals surface area (Å²) in [5.74, 6) is 0.767. The van der Waals surface area contributed by atoms with Crippen LogP contribution in [0.2, 0.25) is 0 Å². The van der Waals surface area contributed by atoms with Crippen LogP contribution in [0.3, 0.4) is 0 Å². The Balaban J connectivity index is 1.29. The summed E-state index contributed by atoms with van der Waals surface area (Å²) in [6.45, 7) is 8.46. The molecule has 0 radical (unpaired) electrons. The Morgan fingerprint density at radius 2 is 2.23 bits per heavy atom. The van der Waals surface area contributed by atoms with Crippen LogP contribution >= 0.6 is 11.3 Å². The normalized spacial score (nSPS) is 21.8. The largest absolute Gasteiger partial charge is 0.381 e. The van der Waals surface area contributed by atoms with Crippen LogP contribution in [0.4, 0.5) is 0 Å². The van der Waals surface area contributed by atoms with E-state index in [1.54, 1.807) is 11.3 Å². The van der Waals surface area contributed by atoms with Crippen LogP contribution in [0.25, 0.3) is 0 Å². The maximum absolute atomic E-state index is 5.88. The highest BCUT2D eigenvalue weighted by Crippen LogP contribution is 2.26. The third kappa shape index (κ3) is 4.52. The number of ether oxygens (including phenoxy) is 2. The van der Waals surface area contributed by atoms with Crippen molar-refractivity contribution in [3.8, 4) is 0 Å². The van der Waals surface area contributed by atoms with Gasteiger partial charge in [0.15, 0.2) is 0 Å². The summed E-state index contributed by atoms with van der Waals surface area (Å²) >= 11 is 1.68. The van der Waals surface area contributed by atoms with E-state index in [-0.39, 0.29) is 0 Å². The Bertz CT molecular complexity index is 695. The van der Waals surface area contributed by atoms with Crippen LogP contribution in [0.15, 0.2) is 17.6 Å². The molecule has 0 N–H and O–H groups in total. The SMILES string of the molecule is Cc1nc(COCC[C@H]2CN(CC3CCOCC3)Cc3ccnn32)cs1. The van der Waals surface area contributed by atoms with E-state index >= 15 is 0 Å². The molecule has 0 saturated carbocycles. The van der Waals surface area contributed by atoms with E-state index in [1.807, 2.05) is 13.1 Å². The molecule has 2 aliphatic heterocycles. The lowest BCUT2D eigenvalue weighted by atomic mass is 9.98. The van der Waals surface area contributed by atoms with Crippen molar-refractivity contribution in [2.45, 2.75) is 45.4 Å². The zero-order valence-electron chi connectivity index (χ0n) is 15.5. The monoisotopic (exact) mass is 376 g/mol. The number of thiazole rings is 1. The fourth-order valence-electron chi connectivity index (χ4n) is 3.98. The highest BCUT2D eigenvalue weighted by Gasteiger charge is 2.27. The molecule has 0 aromatic carbocycles. The van der Waals surface area contributed by atoms with E-state index in [4.69, 9.17) is 9.47 Å². The lowest BCUT2D eigenvalue weighted by Gasteiger charge is -2.36. The third-order valence-corrected chi connectivity index (χ3v) is 6.14. The average Bonchev–Trinajstić information content (AvgIpc) is 3.28. The smallest absolute Gasteiger partial charge is 0.0898 e. The van der Waals surface area contributed by atoms with Gasteiger partial charge in [-0.1, -0.05) is 0 Å². The van der Waals surface area contributed by atoms with Crippen LogP contribution in [-0.4, -0.2) is 52.6 Å². The quantitative estimate of drug-likeness (QED) is 0.695. The number of fused-ring (bicyclic) bond motifs is 1. The second kappa shape index (κ2) is 8.61. The Morgan fingerprint density at radius 3 is 3.04 bits per heavy atom. The lowest BCUT2D eigenvalue weighted by molar-refractivity contribution is 0.0405. The van der Waals surface area contributed by atoms with Gasteiger partial charge in [-0.3, -0.25) is 9.58 Å². The molecule has 1 fully saturated rings. The van der Waals surface area contributed by atoms with Crippen molar-refractivity contribution in [2.24, 2.45) is 5.92 Å². The second-order valence-electron chi connectivity index (χ2n) is 7.37. The summed E-state index contributed by atoms with van der Waals surface area (Å²) in [4.78, 5) is 7.06. The van der Waals surface area contributed by atoms with Crippen molar-refractivity contribution in [3.05, 3.63) is 34.0 Å². The molecule has 26 heavy (non-hydrogen) atoms. The van der Waals surface area contributed by atoms with E-state index in [2.05, 4.69) is 31.1 Å². The number of aromatic nitrogens is 3. The van der Waals surface area contributed by atoms with E-state index in [0.717, 1.165) is 56.0 Å². The summed E-state index contributed by atoms with van der Waals surface area (Å²) in [5.41, 5.74) is 2.36. The third-order valence-electron chi connectivity index (χ3n) is 5.32. The molecule has 4 heterocycles. The van der Waals surface area contributed by atoms with Gasteiger partial charge < -0.3 is 9.47 Å². The standard InChI is InChI=1S/C19H28N4O2S/c1-15-21-17(14-26-15)13-25-9-5-19-12-22(10-16-3-7-24-8-4-16)11-18-2-6-20-23(18)19/h2,6,14,16,19H,3-5,7-13H2,1H3/t19-/m0/s1. The van der Waals surface area contributed by atoms with Crippen molar-refractivity contribution in [1.82, 2.24) is 19.7 Å². The molecule has 7 heteroatoms. The lowest BCUT2D eigenvalue weighted by Crippen LogP contribution is -2.41. The molecule has 0 spiro atoms. The predicted molar refractivity (Wildman–Crippen MR) is 101 cm³/mol. The Labute approximate surface area is 159 Å². The van der Waals surface area contributed by atoms with Crippen molar-refractivity contribution in [3.63, 3.8) is 0 Å². The van der Waals surface area contributed by atoms with Gasteiger partial charge in [-0.05, 0) is 38.2 Å². The zero-order chi connectivity index (χ0) is 17.8. The first-order valence-corrected chi connectivity index (χ1v) is 10.5. The van der Waals surface area contributed by atoms with Crippen molar-refractivity contribution in [1.29, 1.82) is 0 Å². The molecular weight excluding hydrogens is 348 g/mol. The van der Waals surface area contributed by atoms with Gasteiger partial charge in [0.2, 0.25) is 0 Å². The minimum Gasteiger partial charge on any atom is -0.381 e. The van der Waals surface area contributed by atoms with Crippen LogP contribution < -0.4 is 0 Å². The summed E-state index contributed by atoms with van der Waals surface area (Å²) in [7, 11) is 0. The van der Waals surface area contributed by atoms with Crippen LogP contribution in [0, 0.1) is 12.8 Å². The van der Waals surface area contributed by atoms with Crippen LogP contribution in [-0.2, 0) is 22.6 Å². The number of rotatable bonds is 7. The fraction of sp³-hybridized carbons (Fsp3) is 0.684. The molecule has 142 valence electrons. The molecule has 0 unspecified atom stereocenters. The fourth-order valence-corrected chi connectivity index (χ4v) is 4.58. The minimum absolute atomic E-state index is 0.394. The predicted octanol–water partition coefficient (Wildman–Crippen LogP) is 3.04. The maximum Gasteiger partial charge on any atom is 0.0898 e. The number of hydrogen-bond acceptors (Lipinski definition) is 6. The maximum atomic E-state index is 5.88. The Hall–Kier alpha value is -1.28. The Kier molecular flexibility index (Phi) is 5.99. The van der Waals surface area contributed by atoms with Gasteiger partial charge in [0, 0.05) is 51.0 Å². The molecule has 6 nitrogen and oxygen atoms in total. The topological polar surface area (TPSA) is 52.4 Å². The van der Waals surface area contributed by atoms with E-state index in [0.29, 0.717) is 12.6 Å². The summed E-state index contributed by atoms with van der Waals surface area (Å²) in [6, 6.07) is 2.55. The molecule has 2 aromatic rings. The first-order chi connectivity index (χ1) is 12.8. The molecule has 1 atom stereocenters. The van der Waals surface area contributed by atoms with Gasteiger partial charge in [0.25, 0.3) is 0 Å². The molecule has 0 bridgehead atoms. The van der Waals surface area contributed by atoms with Gasteiger partial charge in [-0.25, -0.2) is 4.98 Å². The van der Waals surface area contributed by atoms with Crippen molar-refractivity contribution < 1.29 is 9.47 Å². The molecule has 0 amide bonds. The Morgan fingerprint density at radius 1 is 1.35 bits per heavy atom. The van der Waals surface area contributed by atoms with E-state index in [9.17, 15) is 0 Å². The molecule has 0 aliphatic carbocycles. The average molecular weight is 377 g/mol. The summed E-state index contributed by atoms with van der Waals surface area (Å²) in [6.07, 6.45) is 5.30. The second-order valence-corrected chi connectivity index (χ2v) is 8.43. The molecule has 4 rings (SSSR count). The molecule has 2 aromatic heterocycles. The highest BCUT2D eigenvalue weighted by molar-refractivity contribution is 7.09. The summed E-state index contributed by atoms with van der Waals surface area (Å²) in [5, 5.41) is 7.74. The molecule has 2 aliphatic rings. The molecule has 1 saturated heterocycles.